The summed E-state index contributed by atoms with van der Waals surface area (Å²) in [4.78, 5) is 10.6. The molecule has 0 atom stereocenters. The second-order valence-electron chi connectivity index (χ2n) is 2.45. The number of hydrogen-bond acceptors (Lipinski definition) is 2. The van der Waals surface area contributed by atoms with Crippen LogP contribution in [0.5, 0.6) is 0 Å². The zero-order valence-corrected chi connectivity index (χ0v) is 6.42. The van der Waals surface area contributed by atoms with Crippen LogP contribution in [0.2, 0.25) is 0 Å². The largest absolute Gasteiger partial charge is 0.480 e. The maximum absolute atomic E-state index is 10.6. The van der Waals surface area contributed by atoms with E-state index in [-0.39, 0.29) is 12.8 Å². The van der Waals surface area contributed by atoms with Gasteiger partial charge in [-0.05, 0) is 12.8 Å². The molecule has 0 saturated heterocycles. The van der Waals surface area contributed by atoms with Crippen LogP contribution in [-0.4, -0.2) is 16.6 Å². The number of hydrogen-bond donors (Lipinski definition) is 2. The van der Waals surface area contributed by atoms with Gasteiger partial charge in [-0.25, -0.2) is 0 Å². The predicted molar refractivity (Wildman–Crippen MR) is 44.2 cm³/mol. The molecule has 0 bridgehead atoms. The first-order valence-electron chi connectivity index (χ1n) is 3.31. The van der Waals surface area contributed by atoms with Crippen molar-refractivity contribution in [2.45, 2.75) is 18.4 Å². The van der Waals surface area contributed by atoms with E-state index in [9.17, 15) is 4.79 Å². The van der Waals surface area contributed by atoms with Gasteiger partial charge < -0.3 is 10.8 Å². The van der Waals surface area contributed by atoms with Gasteiger partial charge in [0.1, 0.15) is 5.54 Å². The zero-order chi connectivity index (χ0) is 8.91. The van der Waals surface area contributed by atoms with Crippen LogP contribution in [-0.2, 0) is 4.79 Å². The van der Waals surface area contributed by atoms with Gasteiger partial charge in [0, 0.05) is 0 Å². The molecule has 11 heavy (non-hydrogen) atoms. The lowest BCUT2D eigenvalue weighted by molar-refractivity contribution is -0.143. The van der Waals surface area contributed by atoms with Crippen LogP contribution < -0.4 is 5.73 Å². The van der Waals surface area contributed by atoms with Crippen molar-refractivity contribution in [3.05, 3.63) is 25.3 Å². The topological polar surface area (TPSA) is 63.3 Å². The highest BCUT2D eigenvalue weighted by Crippen LogP contribution is 2.12. The Morgan fingerprint density at radius 2 is 1.82 bits per heavy atom. The standard InChI is InChI=1S/C8H13NO2/c1-3-5-8(9,6-4-2)7(10)11/h3-4H,1-2,5-6,9H2,(H,10,11). The van der Waals surface area contributed by atoms with E-state index in [2.05, 4.69) is 13.2 Å². The molecule has 0 saturated carbocycles. The lowest BCUT2D eigenvalue weighted by Gasteiger charge is -2.20. The molecular weight excluding hydrogens is 142 g/mol. The van der Waals surface area contributed by atoms with Crippen molar-refractivity contribution in [3.8, 4) is 0 Å². The molecule has 3 N–H and O–H groups in total. The zero-order valence-electron chi connectivity index (χ0n) is 6.42. The first kappa shape index (κ1) is 9.91. The van der Waals surface area contributed by atoms with Crippen molar-refractivity contribution in [1.29, 1.82) is 0 Å². The quantitative estimate of drug-likeness (QED) is 0.580. The molecule has 0 amide bonds. The number of nitrogens with two attached hydrogens (primary N) is 1. The fraction of sp³-hybridized carbons (Fsp3) is 0.375. The molecule has 0 aromatic rings. The molecule has 0 unspecified atom stereocenters. The minimum atomic E-state index is -1.22. The molecule has 0 aromatic heterocycles. The maximum Gasteiger partial charge on any atom is 0.324 e. The highest BCUT2D eigenvalue weighted by molar-refractivity contribution is 5.78. The van der Waals surface area contributed by atoms with Gasteiger partial charge >= 0.3 is 5.97 Å². The van der Waals surface area contributed by atoms with E-state index in [0.717, 1.165) is 0 Å². The van der Waals surface area contributed by atoms with E-state index in [4.69, 9.17) is 10.8 Å². The average Bonchev–Trinajstić information content (AvgIpc) is 1.88. The molecule has 0 rings (SSSR count). The summed E-state index contributed by atoms with van der Waals surface area (Å²) in [6.45, 7) is 6.87. The van der Waals surface area contributed by atoms with Crippen LogP contribution in [0.1, 0.15) is 12.8 Å². The molecule has 0 aliphatic heterocycles. The van der Waals surface area contributed by atoms with Crippen molar-refractivity contribution in [2.75, 3.05) is 0 Å². The van der Waals surface area contributed by atoms with Gasteiger partial charge in [0.15, 0.2) is 0 Å². The average molecular weight is 155 g/mol. The smallest absolute Gasteiger partial charge is 0.324 e. The van der Waals surface area contributed by atoms with Crippen molar-refractivity contribution >= 4 is 5.97 Å². The minimum absolute atomic E-state index is 0.258. The Labute approximate surface area is 66.2 Å². The third kappa shape index (κ3) is 2.55. The normalized spacial score (nSPS) is 10.6. The van der Waals surface area contributed by atoms with Gasteiger partial charge in [-0.15, -0.1) is 13.2 Å². The van der Waals surface area contributed by atoms with E-state index in [1.165, 1.54) is 12.2 Å². The van der Waals surface area contributed by atoms with E-state index in [1.54, 1.807) is 0 Å². The van der Waals surface area contributed by atoms with Gasteiger partial charge in [-0.1, -0.05) is 12.2 Å². The Balaban J connectivity index is 4.35. The molecule has 0 heterocycles. The molecular formula is C8H13NO2. The molecule has 0 aromatic carbocycles. The van der Waals surface area contributed by atoms with E-state index < -0.39 is 11.5 Å². The van der Waals surface area contributed by atoms with Crippen molar-refractivity contribution in [2.24, 2.45) is 5.73 Å². The number of rotatable bonds is 5. The Hall–Kier alpha value is -1.09. The fourth-order valence-electron chi connectivity index (χ4n) is 0.773. The summed E-state index contributed by atoms with van der Waals surface area (Å²) in [6.07, 6.45) is 3.51. The number of carbonyl (C=O) groups is 1. The highest BCUT2D eigenvalue weighted by Gasteiger charge is 2.30. The monoisotopic (exact) mass is 155 g/mol. The van der Waals surface area contributed by atoms with Gasteiger partial charge in [0.05, 0.1) is 0 Å². The summed E-state index contributed by atoms with van der Waals surface area (Å²) in [5.74, 6) is -1.02. The number of aliphatic carboxylic acids is 1. The summed E-state index contributed by atoms with van der Waals surface area (Å²) in [5.41, 5.74) is 4.30. The van der Waals surface area contributed by atoms with Crippen LogP contribution >= 0.6 is 0 Å². The summed E-state index contributed by atoms with van der Waals surface area (Å²) in [6, 6.07) is 0. The summed E-state index contributed by atoms with van der Waals surface area (Å²) >= 11 is 0. The van der Waals surface area contributed by atoms with Gasteiger partial charge in [-0.2, -0.15) is 0 Å². The second kappa shape index (κ2) is 3.93. The first-order chi connectivity index (χ1) is 5.06. The third-order valence-electron chi connectivity index (χ3n) is 1.44. The maximum atomic E-state index is 10.6. The molecule has 0 aliphatic rings. The van der Waals surface area contributed by atoms with Crippen LogP contribution in [0.15, 0.2) is 25.3 Å². The van der Waals surface area contributed by atoms with Crippen molar-refractivity contribution in [3.63, 3.8) is 0 Å². The lowest BCUT2D eigenvalue weighted by atomic mass is 9.93. The van der Waals surface area contributed by atoms with E-state index in [0.29, 0.717) is 0 Å². The molecule has 3 heteroatoms. The van der Waals surface area contributed by atoms with Gasteiger partial charge in [0.2, 0.25) is 0 Å². The first-order valence-corrected chi connectivity index (χ1v) is 3.31. The van der Waals surface area contributed by atoms with Gasteiger partial charge in [-0.3, -0.25) is 4.79 Å². The summed E-state index contributed by atoms with van der Waals surface area (Å²) < 4.78 is 0. The number of carboxylic acids is 1. The van der Waals surface area contributed by atoms with Crippen LogP contribution in [0.3, 0.4) is 0 Å². The van der Waals surface area contributed by atoms with Crippen molar-refractivity contribution in [1.82, 2.24) is 0 Å². The third-order valence-corrected chi connectivity index (χ3v) is 1.44. The summed E-state index contributed by atoms with van der Waals surface area (Å²) in [5, 5.41) is 8.67. The van der Waals surface area contributed by atoms with Crippen LogP contribution in [0.4, 0.5) is 0 Å². The molecule has 62 valence electrons. The minimum Gasteiger partial charge on any atom is -0.480 e. The van der Waals surface area contributed by atoms with Crippen molar-refractivity contribution < 1.29 is 9.90 Å². The molecule has 0 radical (unpaired) electrons. The Morgan fingerprint density at radius 1 is 1.45 bits per heavy atom. The molecule has 0 fully saturated rings. The molecule has 3 nitrogen and oxygen atoms in total. The Kier molecular flexibility index (Phi) is 3.54. The van der Waals surface area contributed by atoms with Crippen LogP contribution in [0.25, 0.3) is 0 Å². The number of carboxylic acid groups (broad SMARTS) is 1. The summed E-state index contributed by atoms with van der Waals surface area (Å²) in [7, 11) is 0. The van der Waals surface area contributed by atoms with E-state index >= 15 is 0 Å². The second-order valence-corrected chi connectivity index (χ2v) is 2.45. The Morgan fingerprint density at radius 3 is 2.00 bits per heavy atom. The highest BCUT2D eigenvalue weighted by atomic mass is 16.4. The Bertz CT molecular complexity index is 165. The molecule has 0 aliphatic carbocycles. The SMILES string of the molecule is C=CCC(N)(CC=C)C(=O)O. The van der Waals surface area contributed by atoms with Gasteiger partial charge in [0.25, 0.3) is 0 Å². The predicted octanol–water partition coefficient (Wildman–Crippen LogP) is 0.921. The van der Waals surface area contributed by atoms with E-state index in [1.807, 2.05) is 0 Å². The van der Waals surface area contributed by atoms with Crippen LogP contribution in [0, 0.1) is 0 Å². The lowest BCUT2D eigenvalue weighted by Crippen LogP contribution is -2.47. The molecule has 0 spiro atoms. The fourth-order valence-corrected chi connectivity index (χ4v) is 0.773.